The highest BCUT2D eigenvalue weighted by Gasteiger charge is 2.25. The van der Waals surface area contributed by atoms with Crippen molar-refractivity contribution in [1.82, 2.24) is 4.90 Å². The Morgan fingerprint density at radius 3 is 3.12 bits per heavy atom. The summed E-state index contributed by atoms with van der Waals surface area (Å²) in [5.41, 5.74) is 0. The zero-order valence-electron chi connectivity index (χ0n) is 9.23. The highest BCUT2D eigenvalue weighted by molar-refractivity contribution is 9.10. The van der Waals surface area contributed by atoms with E-state index in [9.17, 15) is 0 Å². The average Bonchev–Trinajstić information content (AvgIpc) is 2.67. The maximum Gasteiger partial charge on any atom is 0.0933 e. The van der Waals surface area contributed by atoms with Crippen LogP contribution in [0, 0.1) is 0 Å². The van der Waals surface area contributed by atoms with Gasteiger partial charge < -0.3 is 9.84 Å². The number of morpholine rings is 1. The lowest BCUT2D eigenvalue weighted by atomic mass is 10.2. The van der Waals surface area contributed by atoms with Crippen molar-refractivity contribution >= 4 is 27.3 Å². The molecule has 2 unspecified atom stereocenters. The Bertz CT molecular complexity index is 344. The van der Waals surface area contributed by atoms with E-state index in [-0.39, 0.29) is 12.7 Å². The van der Waals surface area contributed by atoms with Crippen LogP contribution in [0.2, 0.25) is 0 Å². The lowest BCUT2D eigenvalue weighted by Crippen LogP contribution is -2.48. The molecule has 1 saturated heterocycles. The van der Waals surface area contributed by atoms with Crippen LogP contribution in [-0.4, -0.2) is 41.9 Å². The van der Waals surface area contributed by atoms with Crippen molar-refractivity contribution in [3.63, 3.8) is 0 Å². The van der Waals surface area contributed by atoms with Crippen molar-refractivity contribution in [2.45, 2.75) is 25.6 Å². The van der Waals surface area contributed by atoms with Crippen LogP contribution in [0.3, 0.4) is 0 Å². The second-order valence-corrected chi connectivity index (χ2v) is 6.06. The first-order chi connectivity index (χ1) is 7.69. The van der Waals surface area contributed by atoms with Gasteiger partial charge in [-0.3, -0.25) is 4.90 Å². The maximum absolute atomic E-state index is 9.11. The minimum atomic E-state index is -0.0281. The standard InChI is InChI=1S/C11H16BrNO2S/c1-8-6-15-10(5-14)3-13(8)4-11-2-9(12)7-16-11/h2,7-8,10,14H,3-6H2,1H3. The molecule has 3 nitrogen and oxygen atoms in total. The summed E-state index contributed by atoms with van der Waals surface area (Å²) in [5, 5.41) is 11.2. The van der Waals surface area contributed by atoms with Crippen LogP contribution in [0.25, 0.3) is 0 Å². The summed E-state index contributed by atoms with van der Waals surface area (Å²) in [7, 11) is 0. The first kappa shape index (κ1) is 12.5. The van der Waals surface area contributed by atoms with E-state index in [1.165, 1.54) is 4.88 Å². The number of hydrogen-bond acceptors (Lipinski definition) is 4. The molecule has 2 heterocycles. The van der Waals surface area contributed by atoms with Crippen LogP contribution in [0.1, 0.15) is 11.8 Å². The van der Waals surface area contributed by atoms with Gasteiger partial charge in [0.25, 0.3) is 0 Å². The lowest BCUT2D eigenvalue weighted by molar-refractivity contribution is -0.0802. The van der Waals surface area contributed by atoms with Gasteiger partial charge in [0.1, 0.15) is 0 Å². The Morgan fingerprint density at radius 1 is 1.69 bits per heavy atom. The molecule has 2 atom stereocenters. The Morgan fingerprint density at radius 2 is 2.50 bits per heavy atom. The highest BCUT2D eigenvalue weighted by Crippen LogP contribution is 2.23. The number of nitrogens with zero attached hydrogens (tertiary/aromatic N) is 1. The molecule has 0 bridgehead atoms. The second kappa shape index (κ2) is 5.60. The van der Waals surface area contributed by atoms with Crippen molar-refractivity contribution in [2.75, 3.05) is 19.8 Å². The molecule has 1 fully saturated rings. The zero-order valence-corrected chi connectivity index (χ0v) is 11.6. The van der Waals surface area contributed by atoms with Gasteiger partial charge in [-0.05, 0) is 28.9 Å². The normalized spacial score (nSPS) is 27.2. The van der Waals surface area contributed by atoms with Gasteiger partial charge in [-0.15, -0.1) is 11.3 Å². The predicted molar refractivity (Wildman–Crippen MR) is 68.7 cm³/mol. The summed E-state index contributed by atoms with van der Waals surface area (Å²) in [6.07, 6.45) is -0.0281. The number of halogens is 1. The molecular formula is C11H16BrNO2S. The number of aliphatic hydroxyl groups is 1. The van der Waals surface area contributed by atoms with Crippen molar-refractivity contribution in [1.29, 1.82) is 0 Å². The van der Waals surface area contributed by atoms with Crippen LogP contribution in [-0.2, 0) is 11.3 Å². The quantitative estimate of drug-likeness (QED) is 0.928. The second-order valence-electron chi connectivity index (χ2n) is 4.15. The lowest BCUT2D eigenvalue weighted by Gasteiger charge is -2.37. The van der Waals surface area contributed by atoms with Crippen molar-refractivity contribution in [2.24, 2.45) is 0 Å². The number of rotatable bonds is 3. The molecule has 0 aromatic carbocycles. The number of ether oxygens (including phenoxy) is 1. The van der Waals surface area contributed by atoms with Gasteiger partial charge in [-0.1, -0.05) is 0 Å². The van der Waals surface area contributed by atoms with Crippen LogP contribution in [0.15, 0.2) is 15.9 Å². The van der Waals surface area contributed by atoms with E-state index >= 15 is 0 Å². The molecule has 1 N–H and O–H groups in total. The topological polar surface area (TPSA) is 32.7 Å². The summed E-state index contributed by atoms with van der Waals surface area (Å²) >= 11 is 5.23. The van der Waals surface area contributed by atoms with Gasteiger partial charge in [-0.2, -0.15) is 0 Å². The third kappa shape index (κ3) is 3.05. The predicted octanol–water partition coefficient (Wildman–Crippen LogP) is 2.09. The minimum Gasteiger partial charge on any atom is -0.394 e. The van der Waals surface area contributed by atoms with Gasteiger partial charge in [-0.25, -0.2) is 0 Å². The summed E-state index contributed by atoms with van der Waals surface area (Å²) in [4.78, 5) is 3.71. The first-order valence-electron chi connectivity index (χ1n) is 5.38. The molecular weight excluding hydrogens is 290 g/mol. The van der Waals surface area contributed by atoms with E-state index in [1.54, 1.807) is 11.3 Å². The van der Waals surface area contributed by atoms with Gasteiger partial charge in [0.15, 0.2) is 0 Å². The monoisotopic (exact) mass is 305 g/mol. The van der Waals surface area contributed by atoms with Gasteiger partial charge in [0.05, 0.1) is 19.3 Å². The summed E-state index contributed by atoms with van der Waals surface area (Å²) in [6.45, 7) is 4.73. The molecule has 1 aliphatic rings. The smallest absolute Gasteiger partial charge is 0.0933 e. The molecule has 16 heavy (non-hydrogen) atoms. The third-order valence-electron chi connectivity index (χ3n) is 2.82. The fourth-order valence-corrected chi connectivity index (χ4v) is 3.32. The van der Waals surface area contributed by atoms with Gasteiger partial charge >= 0.3 is 0 Å². The summed E-state index contributed by atoms with van der Waals surface area (Å²) < 4.78 is 6.66. The highest BCUT2D eigenvalue weighted by atomic mass is 79.9. The van der Waals surface area contributed by atoms with Gasteiger partial charge in [0.2, 0.25) is 0 Å². The largest absolute Gasteiger partial charge is 0.394 e. The molecule has 0 radical (unpaired) electrons. The third-order valence-corrected chi connectivity index (χ3v) is 4.50. The molecule has 0 saturated carbocycles. The minimum absolute atomic E-state index is 0.0281. The number of aliphatic hydroxyl groups excluding tert-OH is 1. The molecule has 1 aromatic rings. The Hall–Kier alpha value is 0.0600. The van der Waals surface area contributed by atoms with E-state index < -0.39 is 0 Å². The fraction of sp³-hybridized carbons (Fsp3) is 0.636. The van der Waals surface area contributed by atoms with Crippen molar-refractivity contribution < 1.29 is 9.84 Å². The van der Waals surface area contributed by atoms with Crippen LogP contribution in [0.4, 0.5) is 0 Å². The van der Waals surface area contributed by atoms with E-state index in [2.05, 4.69) is 39.2 Å². The average molecular weight is 306 g/mol. The molecule has 2 rings (SSSR count). The molecule has 90 valence electrons. The first-order valence-corrected chi connectivity index (χ1v) is 7.05. The molecule has 0 spiro atoms. The van der Waals surface area contributed by atoms with Crippen molar-refractivity contribution in [3.05, 3.63) is 20.8 Å². The molecule has 5 heteroatoms. The molecule has 1 aromatic heterocycles. The Labute approximate surface area is 108 Å². The van der Waals surface area contributed by atoms with E-state index in [4.69, 9.17) is 9.84 Å². The Kier molecular flexibility index (Phi) is 4.38. The van der Waals surface area contributed by atoms with Crippen LogP contribution < -0.4 is 0 Å². The van der Waals surface area contributed by atoms with E-state index in [0.29, 0.717) is 12.6 Å². The molecule has 1 aliphatic heterocycles. The van der Waals surface area contributed by atoms with Crippen molar-refractivity contribution in [3.8, 4) is 0 Å². The Balaban J connectivity index is 1.96. The van der Waals surface area contributed by atoms with E-state index in [1.807, 2.05) is 0 Å². The number of hydrogen-bond donors (Lipinski definition) is 1. The fourth-order valence-electron chi connectivity index (χ4n) is 1.84. The van der Waals surface area contributed by atoms with Gasteiger partial charge in [0, 0.05) is 33.9 Å². The SMILES string of the molecule is CC1COC(CO)CN1Cc1cc(Br)cs1. The molecule has 0 amide bonds. The van der Waals surface area contributed by atoms with Crippen LogP contribution >= 0.6 is 27.3 Å². The summed E-state index contributed by atoms with van der Waals surface area (Å²) in [6, 6.07) is 2.57. The van der Waals surface area contributed by atoms with E-state index in [0.717, 1.165) is 17.6 Å². The van der Waals surface area contributed by atoms with Crippen LogP contribution in [0.5, 0.6) is 0 Å². The summed E-state index contributed by atoms with van der Waals surface area (Å²) in [5.74, 6) is 0. The number of thiophene rings is 1. The molecule has 0 aliphatic carbocycles. The zero-order chi connectivity index (χ0) is 11.5. The maximum atomic E-state index is 9.11.